The van der Waals surface area contributed by atoms with Crippen molar-refractivity contribution in [2.45, 2.75) is 57.7 Å². The highest BCUT2D eigenvalue weighted by atomic mass is 32.1. The Kier molecular flexibility index (Phi) is 4.23. The van der Waals surface area contributed by atoms with Crippen LogP contribution in [0.2, 0.25) is 0 Å². The first-order valence-corrected chi connectivity index (χ1v) is 7.60. The molecule has 0 unspecified atom stereocenters. The van der Waals surface area contributed by atoms with E-state index in [2.05, 4.69) is 36.3 Å². The van der Waals surface area contributed by atoms with Crippen LogP contribution in [0.25, 0.3) is 0 Å². The Bertz CT molecular complexity index is 326. The maximum atomic E-state index is 6.45. The Morgan fingerprint density at radius 2 is 2.12 bits per heavy atom. The molecule has 1 aliphatic carbocycles. The molecule has 1 aromatic rings. The van der Waals surface area contributed by atoms with Crippen LogP contribution in [0.4, 0.5) is 0 Å². The van der Waals surface area contributed by atoms with E-state index in [9.17, 15) is 0 Å². The molecule has 0 amide bonds. The standard InChI is InChI=1S/C14H24N2S/c1-3-14(15,4-2)11-16(12-7-8-12)10-13-6-5-9-17-13/h5-6,9,12H,3-4,7-8,10-11,15H2,1-2H3. The molecule has 0 aromatic carbocycles. The van der Waals surface area contributed by atoms with Crippen LogP contribution in [0.1, 0.15) is 44.4 Å². The molecule has 3 heteroatoms. The fourth-order valence-corrected chi connectivity index (χ4v) is 2.96. The first-order valence-electron chi connectivity index (χ1n) is 6.72. The first kappa shape index (κ1) is 13.1. The van der Waals surface area contributed by atoms with Gasteiger partial charge in [0.2, 0.25) is 0 Å². The quantitative estimate of drug-likeness (QED) is 0.807. The number of hydrogen-bond donors (Lipinski definition) is 1. The lowest BCUT2D eigenvalue weighted by molar-refractivity contribution is 0.185. The van der Waals surface area contributed by atoms with E-state index in [0.29, 0.717) is 0 Å². The lowest BCUT2D eigenvalue weighted by atomic mass is 9.93. The van der Waals surface area contributed by atoms with Gasteiger partial charge in [0.1, 0.15) is 0 Å². The van der Waals surface area contributed by atoms with Crippen molar-refractivity contribution in [2.75, 3.05) is 6.54 Å². The van der Waals surface area contributed by atoms with E-state index in [1.165, 1.54) is 17.7 Å². The monoisotopic (exact) mass is 252 g/mol. The first-order chi connectivity index (χ1) is 8.17. The molecule has 1 heterocycles. The molecule has 0 radical (unpaired) electrons. The van der Waals surface area contributed by atoms with Crippen LogP contribution in [0.15, 0.2) is 17.5 Å². The molecular formula is C14H24N2S. The average molecular weight is 252 g/mol. The zero-order chi connectivity index (χ0) is 12.3. The van der Waals surface area contributed by atoms with E-state index < -0.39 is 0 Å². The van der Waals surface area contributed by atoms with Gasteiger partial charge in [-0.15, -0.1) is 11.3 Å². The molecule has 2 N–H and O–H groups in total. The Balaban J connectivity index is 1.97. The summed E-state index contributed by atoms with van der Waals surface area (Å²) < 4.78 is 0. The summed E-state index contributed by atoms with van der Waals surface area (Å²) in [5.74, 6) is 0. The minimum atomic E-state index is -0.000149. The molecule has 1 aliphatic rings. The fourth-order valence-electron chi connectivity index (χ4n) is 2.23. The highest BCUT2D eigenvalue weighted by Gasteiger charge is 2.33. The van der Waals surface area contributed by atoms with Crippen molar-refractivity contribution in [2.24, 2.45) is 5.73 Å². The number of rotatable bonds is 7. The van der Waals surface area contributed by atoms with Gasteiger partial charge in [0.25, 0.3) is 0 Å². The second-order valence-corrected chi connectivity index (χ2v) is 6.32. The summed E-state index contributed by atoms with van der Waals surface area (Å²) in [6.45, 7) is 6.54. The van der Waals surface area contributed by atoms with Gasteiger partial charge in [0, 0.05) is 29.5 Å². The summed E-state index contributed by atoms with van der Waals surface area (Å²) >= 11 is 1.86. The van der Waals surface area contributed by atoms with Crippen LogP contribution < -0.4 is 5.73 Å². The van der Waals surface area contributed by atoms with Gasteiger partial charge >= 0.3 is 0 Å². The molecule has 0 atom stereocenters. The average Bonchev–Trinajstić information content (AvgIpc) is 3.07. The Morgan fingerprint density at radius 1 is 1.41 bits per heavy atom. The van der Waals surface area contributed by atoms with Crippen molar-refractivity contribution in [3.63, 3.8) is 0 Å². The van der Waals surface area contributed by atoms with Crippen molar-refractivity contribution < 1.29 is 0 Å². The third kappa shape index (κ3) is 3.54. The third-order valence-corrected chi connectivity index (χ3v) is 4.79. The summed E-state index contributed by atoms with van der Waals surface area (Å²) in [6, 6.07) is 5.16. The molecule has 2 nitrogen and oxygen atoms in total. The van der Waals surface area contributed by atoms with Crippen molar-refractivity contribution in [3.05, 3.63) is 22.4 Å². The van der Waals surface area contributed by atoms with E-state index in [0.717, 1.165) is 32.0 Å². The van der Waals surface area contributed by atoms with Gasteiger partial charge in [-0.3, -0.25) is 4.90 Å². The molecule has 0 bridgehead atoms. The largest absolute Gasteiger partial charge is 0.324 e. The maximum Gasteiger partial charge on any atom is 0.0331 e. The lowest BCUT2D eigenvalue weighted by Gasteiger charge is -2.34. The molecule has 0 spiro atoms. The van der Waals surface area contributed by atoms with Gasteiger partial charge in [-0.25, -0.2) is 0 Å². The van der Waals surface area contributed by atoms with Gasteiger partial charge in [-0.2, -0.15) is 0 Å². The topological polar surface area (TPSA) is 29.3 Å². The summed E-state index contributed by atoms with van der Waals surface area (Å²) in [5.41, 5.74) is 6.45. The zero-order valence-corrected chi connectivity index (χ0v) is 11.8. The Morgan fingerprint density at radius 3 is 2.59 bits per heavy atom. The molecule has 2 rings (SSSR count). The normalized spacial score (nSPS) is 16.7. The SMILES string of the molecule is CCC(N)(CC)CN(Cc1cccs1)C1CC1. The third-order valence-electron chi connectivity index (χ3n) is 3.93. The molecule has 17 heavy (non-hydrogen) atoms. The minimum Gasteiger partial charge on any atom is -0.324 e. The van der Waals surface area contributed by atoms with E-state index in [4.69, 9.17) is 5.73 Å². The van der Waals surface area contributed by atoms with Gasteiger partial charge in [0.15, 0.2) is 0 Å². The Labute approximate surface area is 109 Å². The predicted molar refractivity (Wildman–Crippen MR) is 75.3 cm³/mol. The summed E-state index contributed by atoms with van der Waals surface area (Å²) in [4.78, 5) is 4.06. The molecule has 1 saturated carbocycles. The van der Waals surface area contributed by atoms with Gasteiger partial charge in [-0.05, 0) is 37.1 Å². The van der Waals surface area contributed by atoms with Crippen LogP contribution in [0.3, 0.4) is 0 Å². The van der Waals surface area contributed by atoms with Crippen LogP contribution in [0, 0.1) is 0 Å². The van der Waals surface area contributed by atoms with E-state index in [1.54, 1.807) is 0 Å². The summed E-state index contributed by atoms with van der Waals surface area (Å²) in [7, 11) is 0. The van der Waals surface area contributed by atoms with E-state index in [-0.39, 0.29) is 5.54 Å². The lowest BCUT2D eigenvalue weighted by Crippen LogP contribution is -2.49. The zero-order valence-electron chi connectivity index (χ0n) is 11.0. The molecular weight excluding hydrogens is 228 g/mol. The van der Waals surface area contributed by atoms with Gasteiger partial charge in [0.05, 0.1) is 0 Å². The van der Waals surface area contributed by atoms with Crippen LogP contribution in [-0.4, -0.2) is 23.0 Å². The minimum absolute atomic E-state index is 0.000149. The van der Waals surface area contributed by atoms with Crippen LogP contribution in [0.5, 0.6) is 0 Å². The number of nitrogens with two attached hydrogens (primary N) is 1. The highest BCUT2D eigenvalue weighted by molar-refractivity contribution is 7.09. The van der Waals surface area contributed by atoms with Crippen molar-refractivity contribution in [3.8, 4) is 0 Å². The van der Waals surface area contributed by atoms with E-state index >= 15 is 0 Å². The highest BCUT2D eigenvalue weighted by Crippen LogP contribution is 2.31. The number of hydrogen-bond acceptors (Lipinski definition) is 3. The number of nitrogens with zero attached hydrogens (tertiary/aromatic N) is 1. The molecule has 0 saturated heterocycles. The molecule has 1 aromatic heterocycles. The van der Waals surface area contributed by atoms with Crippen molar-refractivity contribution in [1.29, 1.82) is 0 Å². The van der Waals surface area contributed by atoms with Gasteiger partial charge in [-0.1, -0.05) is 19.9 Å². The van der Waals surface area contributed by atoms with Crippen LogP contribution >= 0.6 is 11.3 Å². The molecule has 96 valence electrons. The Hall–Kier alpha value is -0.380. The predicted octanol–water partition coefficient (Wildman–Crippen LogP) is 3.23. The number of thiophene rings is 1. The fraction of sp³-hybridized carbons (Fsp3) is 0.714. The molecule has 0 aliphatic heterocycles. The van der Waals surface area contributed by atoms with Crippen molar-refractivity contribution in [1.82, 2.24) is 4.90 Å². The smallest absolute Gasteiger partial charge is 0.0331 e. The van der Waals surface area contributed by atoms with Crippen LogP contribution in [-0.2, 0) is 6.54 Å². The van der Waals surface area contributed by atoms with E-state index in [1.807, 2.05) is 11.3 Å². The maximum absolute atomic E-state index is 6.45. The second kappa shape index (κ2) is 5.51. The summed E-state index contributed by atoms with van der Waals surface area (Å²) in [5, 5.41) is 2.16. The summed E-state index contributed by atoms with van der Waals surface area (Å²) in [6.07, 6.45) is 4.85. The molecule has 1 fully saturated rings. The van der Waals surface area contributed by atoms with Crippen molar-refractivity contribution >= 4 is 11.3 Å². The van der Waals surface area contributed by atoms with Gasteiger partial charge < -0.3 is 5.73 Å². The second-order valence-electron chi connectivity index (χ2n) is 5.28.